The van der Waals surface area contributed by atoms with Crippen molar-refractivity contribution in [3.8, 4) is 0 Å². The number of nitrogens with zero attached hydrogens (tertiary/aromatic N) is 1. The minimum absolute atomic E-state index is 0.601. The second kappa shape index (κ2) is 4.34. The number of aliphatic hydroxyl groups is 1. The van der Waals surface area contributed by atoms with Crippen LogP contribution in [0.4, 0.5) is 0 Å². The molecule has 0 aliphatic rings. The third-order valence-electron chi connectivity index (χ3n) is 1.50. The standard InChI is InChI=1S/C8H17NO2/c1-7(9-11)5-4-6-8(2,3)10/h10-11H,4-6H2,1-3H3/b9-7+. The fourth-order valence-corrected chi connectivity index (χ4v) is 0.827. The number of hydrogen-bond donors (Lipinski definition) is 2. The molecule has 0 aliphatic carbocycles. The molecular weight excluding hydrogens is 142 g/mol. The summed E-state index contributed by atoms with van der Waals surface area (Å²) in [4.78, 5) is 0. The molecule has 3 heteroatoms. The van der Waals surface area contributed by atoms with Crippen molar-refractivity contribution >= 4 is 5.71 Å². The highest BCUT2D eigenvalue weighted by Crippen LogP contribution is 2.11. The molecule has 0 amide bonds. The molecule has 0 aromatic heterocycles. The molecule has 0 saturated heterocycles. The SMILES string of the molecule is C/C(CCCC(C)(C)O)=N\O. The smallest absolute Gasteiger partial charge is 0.0591 e. The van der Waals surface area contributed by atoms with Gasteiger partial charge in [0.2, 0.25) is 0 Å². The Bertz CT molecular complexity index is 136. The highest BCUT2D eigenvalue weighted by molar-refractivity contribution is 5.81. The quantitative estimate of drug-likeness (QED) is 0.373. The summed E-state index contributed by atoms with van der Waals surface area (Å²) in [6.07, 6.45) is 2.35. The fraction of sp³-hybridized carbons (Fsp3) is 0.875. The predicted molar refractivity (Wildman–Crippen MR) is 45.0 cm³/mol. The maximum absolute atomic E-state index is 9.30. The summed E-state index contributed by atoms with van der Waals surface area (Å²) in [5.74, 6) is 0. The topological polar surface area (TPSA) is 52.8 Å². The Morgan fingerprint density at radius 3 is 2.36 bits per heavy atom. The Morgan fingerprint density at radius 2 is 2.00 bits per heavy atom. The Morgan fingerprint density at radius 1 is 1.45 bits per heavy atom. The van der Waals surface area contributed by atoms with E-state index in [1.54, 1.807) is 20.8 Å². The van der Waals surface area contributed by atoms with Crippen LogP contribution in [0.2, 0.25) is 0 Å². The van der Waals surface area contributed by atoms with Gasteiger partial charge < -0.3 is 10.3 Å². The van der Waals surface area contributed by atoms with Crippen LogP contribution in [0, 0.1) is 0 Å². The van der Waals surface area contributed by atoms with Gasteiger partial charge >= 0.3 is 0 Å². The number of oxime groups is 1. The van der Waals surface area contributed by atoms with Crippen molar-refractivity contribution in [1.82, 2.24) is 0 Å². The predicted octanol–water partition coefficient (Wildman–Crippen LogP) is 1.78. The molecule has 0 unspecified atom stereocenters. The van der Waals surface area contributed by atoms with E-state index in [4.69, 9.17) is 5.21 Å². The lowest BCUT2D eigenvalue weighted by molar-refractivity contribution is 0.0694. The van der Waals surface area contributed by atoms with Crippen molar-refractivity contribution in [3.05, 3.63) is 0 Å². The zero-order valence-electron chi connectivity index (χ0n) is 7.46. The van der Waals surface area contributed by atoms with Gasteiger partial charge in [0.25, 0.3) is 0 Å². The van der Waals surface area contributed by atoms with E-state index < -0.39 is 5.60 Å². The molecule has 3 nitrogen and oxygen atoms in total. The maximum atomic E-state index is 9.30. The first-order chi connectivity index (χ1) is 4.95. The molecule has 0 heterocycles. The van der Waals surface area contributed by atoms with Gasteiger partial charge in [0.1, 0.15) is 0 Å². The molecule has 66 valence electrons. The summed E-state index contributed by atoms with van der Waals surface area (Å²) >= 11 is 0. The molecule has 0 spiro atoms. The van der Waals surface area contributed by atoms with E-state index in [1.807, 2.05) is 0 Å². The van der Waals surface area contributed by atoms with E-state index in [2.05, 4.69) is 5.16 Å². The van der Waals surface area contributed by atoms with Gasteiger partial charge in [-0.25, -0.2) is 0 Å². The van der Waals surface area contributed by atoms with Gasteiger partial charge in [-0.05, 0) is 40.0 Å². The Kier molecular flexibility index (Phi) is 4.11. The van der Waals surface area contributed by atoms with Gasteiger partial charge in [-0.15, -0.1) is 0 Å². The molecule has 0 aromatic carbocycles. The Balaban J connectivity index is 3.43. The summed E-state index contributed by atoms with van der Waals surface area (Å²) in [7, 11) is 0. The van der Waals surface area contributed by atoms with Crippen molar-refractivity contribution < 1.29 is 10.3 Å². The maximum Gasteiger partial charge on any atom is 0.0591 e. The van der Waals surface area contributed by atoms with Crippen LogP contribution in [0.5, 0.6) is 0 Å². The van der Waals surface area contributed by atoms with Gasteiger partial charge in [0.15, 0.2) is 0 Å². The van der Waals surface area contributed by atoms with E-state index in [-0.39, 0.29) is 0 Å². The summed E-state index contributed by atoms with van der Waals surface area (Å²) < 4.78 is 0. The van der Waals surface area contributed by atoms with Gasteiger partial charge in [0, 0.05) is 0 Å². The summed E-state index contributed by atoms with van der Waals surface area (Å²) in [6, 6.07) is 0. The van der Waals surface area contributed by atoms with Crippen LogP contribution < -0.4 is 0 Å². The first-order valence-electron chi connectivity index (χ1n) is 3.85. The Labute approximate surface area is 67.7 Å². The van der Waals surface area contributed by atoms with E-state index in [1.165, 1.54) is 0 Å². The summed E-state index contributed by atoms with van der Waals surface area (Å²) in [6.45, 7) is 5.32. The lowest BCUT2D eigenvalue weighted by atomic mass is 10.0. The van der Waals surface area contributed by atoms with Crippen molar-refractivity contribution in [3.63, 3.8) is 0 Å². The van der Waals surface area contributed by atoms with Crippen LogP contribution in [0.15, 0.2) is 5.16 Å². The van der Waals surface area contributed by atoms with Gasteiger partial charge in [-0.2, -0.15) is 0 Å². The van der Waals surface area contributed by atoms with E-state index in [0.717, 1.165) is 19.3 Å². The van der Waals surface area contributed by atoms with Crippen molar-refractivity contribution in [1.29, 1.82) is 0 Å². The summed E-state index contributed by atoms with van der Waals surface area (Å²) in [5.41, 5.74) is 0.115. The average molecular weight is 159 g/mol. The molecule has 0 atom stereocenters. The highest BCUT2D eigenvalue weighted by Gasteiger charge is 2.11. The average Bonchev–Trinajstić information content (AvgIpc) is 1.85. The normalized spacial score (nSPS) is 13.6. The molecule has 2 N–H and O–H groups in total. The summed E-state index contributed by atoms with van der Waals surface area (Å²) in [5, 5.41) is 20.6. The molecule has 0 radical (unpaired) electrons. The van der Waals surface area contributed by atoms with E-state index >= 15 is 0 Å². The molecule has 0 saturated carbocycles. The number of hydrogen-bond acceptors (Lipinski definition) is 3. The Hall–Kier alpha value is -0.570. The van der Waals surface area contributed by atoms with Crippen LogP contribution in [0.3, 0.4) is 0 Å². The lowest BCUT2D eigenvalue weighted by Crippen LogP contribution is -2.18. The number of rotatable bonds is 4. The first-order valence-corrected chi connectivity index (χ1v) is 3.85. The second-order valence-corrected chi connectivity index (χ2v) is 3.50. The zero-order valence-corrected chi connectivity index (χ0v) is 7.46. The van der Waals surface area contributed by atoms with E-state index in [9.17, 15) is 5.11 Å². The molecule has 0 bridgehead atoms. The van der Waals surface area contributed by atoms with Crippen molar-refractivity contribution in [2.45, 2.75) is 45.6 Å². The van der Waals surface area contributed by atoms with Gasteiger partial charge in [-0.3, -0.25) is 0 Å². The van der Waals surface area contributed by atoms with Crippen LogP contribution in [-0.2, 0) is 0 Å². The van der Waals surface area contributed by atoms with Crippen LogP contribution in [0.1, 0.15) is 40.0 Å². The van der Waals surface area contributed by atoms with Crippen molar-refractivity contribution in [2.75, 3.05) is 0 Å². The van der Waals surface area contributed by atoms with E-state index in [0.29, 0.717) is 5.71 Å². The monoisotopic (exact) mass is 159 g/mol. The minimum atomic E-state index is -0.601. The molecule has 11 heavy (non-hydrogen) atoms. The molecule has 0 aliphatic heterocycles. The zero-order chi connectivity index (χ0) is 8.91. The van der Waals surface area contributed by atoms with Crippen molar-refractivity contribution in [2.24, 2.45) is 5.16 Å². The second-order valence-electron chi connectivity index (χ2n) is 3.50. The minimum Gasteiger partial charge on any atom is -0.411 e. The van der Waals surface area contributed by atoms with Crippen LogP contribution in [0.25, 0.3) is 0 Å². The third-order valence-corrected chi connectivity index (χ3v) is 1.50. The first kappa shape index (κ1) is 10.4. The molecule has 0 rings (SSSR count). The highest BCUT2D eigenvalue weighted by atomic mass is 16.4. The lowest BCUT2D eigenvalue weighted by Gasteiger charge is -2.15. The molecule has 0 aromatic rings. The van der Waals surface area contributed by atoms with Crippen LogP contribution in [-0.4, -0.2) is 21.6 Å². The van der Waals surface area contributed by atoms with Crippen LogP contribution >= 0.6 is 0 Å². The van der Waals surface area contributed by atoms with Gasteiger partial charge in [0.05, 0.1) is 11.3 Å². The third kappa shape index (κ3) is 7.33. The molecular formula is C8H17NO2. The van der Waals surface area contributed by atoms with Gasteiger partial charge in [-0.1, -0.05) is 5.16 Å². The molecule has 0 fully saturated rings. The fourth-order valence-electron chi connectivity index (χ4n) is 0.827. The largest absolute Gasteiger partial charge is 0.411 e.